The summed E-state index contributed by atoms with van der Waals surface area (Å²) in [6.07, 6.45) is 0. The number of amides is 1. The van der Waals surface area contributed by atoms with Gasteiger partial charge in [0.25, 0.3) is 0 Å². The van der Waals surface area contributed by atoms with Crippen molar-refractivity contribution in [2.75, 3.05) is 18.8 Å². The zero-order valence-corrected chi connectivity index (χ0v) is 17.2. The molecule has 2 aromatic rings. The summed E-state index contributed by atoms with van der Waals surface area (Å²) in [7, 11) is 0. The number of carbonyl (C=O) groups is 1. The van der Waals surface area contributed by atoms with Crippen LogP contribution in [0.15, 0.2) is 47.4 Å². The molecule has 0 spiro atoms. The minimum atomic E-state index is 0.0817. The van der Waals surface area contributed by atoms with Crippen LogP contribution < -0.4 is 10.2 Å². The molecule has 2 aromatic carbocycles. The Labute approximate surface area is 162 Å². The Morgan fingerprint density at radius 1 is 1.00 bits per heavy atom. The lowest BCUT2D eigenvalue weighted by Gasteiger charge is -2.18. The van der Waals surface area contributed by atoms with Crippen molar-refractivity contribution in [3.05, 3.63) is 64.7 Å². The van der Waals surface area contributed by atoms with Gasteiger partial charge in [0.05, 0.1) is 18.8 Å². The van der Waals surface area contributed by atoms with Gasteiger partial charge in [-0.25, -0.2) is 0 Å². The van der Waals surface area contributed by atoms with Crippen molar-refractivity contribution in [2.24, 2.45) is 0 Å². The highest BCUT2D eigenvalue weighted by atomic mass is 32.2. The Bertz CT molecular complexity index is 726. The third-order valence-corrected chi connectivity index (χ3v) is 5.88. The molecule has 1 amide bonds. The van der Waals surface area contributed by atoms with Crippen LogP contribution in [-0.4, -0.2) is 24.7 Å². The quantitative estimate of drug-likeness (QED) is 0.664. The first kappa shape index (κ1) is 20.5. The number of aryl methyl sites for hydroxylation is 2. The second-order valence-corrected chi connectivity index (χ2v) is 7.76. The number of benzene rings is 2. The summed E-state index contributed by atoms with van der Waals surface area (Å²) in [5, 5.41) is 3.08. The number of quaternary nitrogens is 1. The first-order valence-electron chi connectivity index (χ1n) is 9.40. The van der Waals surface area contributed by atoms with Crippen LogP contribution in [0.1, 0.15) is 36.1 Å². The largest absolute Gasteiger partial charge is 0.351 e. The van der Waals surface area contributed by atoms with Crippen molar-refractivity contribution in [3.63, 3.8) is 0 Å². The van der Waals surface area contributed by atoms with E-state index < -0.39 is 0 Å². The van der Waals surface area contributed by atoms with E-state index in [9.17, 15) is 4.79 Å². The van der Waals surface area contributed by atoms with Crippen LogP contribution in [0, 0.1) is 13.8 Å². The maximum atomic E-state index is 12.3. The zero-order chi connectivity index (χ0) is 18.9. The molecule has 0 heterocycles. The topological polar surface area (TPSA) is 33.5 Å². The summed E-state index contributed by atoms with van der Waals surface area (Å²) in [4.78, 5) is 14.9. The van der Waals surface area contributed by atoms with Gasteiger partial charge in [-0.3, -0.25) is 4.79 Å². The van der Waals surface area contributed by atoms with E-state index in [1.807, 2.05) is 6.07 Å². The first-order chi connectivity index (χ1) is 12.5. The van der Waals surface area contributed by atoms with Crippen LogP contribution >= 0.6 is 11.8 Å². The smallest absolute Gasteiger partial charge is 0.230 e. The number of nitrogens with one attached hydrogen (secondary N) is 2. The minimum Gasteiger partial charge on any atom is -0.351 e. The van der Waals surface area contributed by atoms with Gasteiger partial charge in [-0.2, -0.15) is 0 Å². The molecule has 0 aliphatic carbocycles. The summed E-state index contributed by atoms with van der Waals surface area (Å²) in [5.41, 5.74) is 5.10. The van der Waals surface area contributed by atoms with Gasteiger partial charge in [0.2, 0.25) is 5.91 Å². The summed E-state index contributed by atoms with van der Waals surface area (Å²) in [6, 6.07) is 14.8. The van der Waals surface area contributed by atoms with Gasteiger partial charge >= 0.3 is 0 Å². The fourth-order valence-electron chi connectivity index (χ4n) is 2.87. The first-order valence-corrected chi connectivity index (χ1v) is 10.4. The fourth-order valence-corrected chi connectivity index (χ4v) is 3.69. The van der Waals surface area contributed by atoms with Crippen molar-refractivity contribution in [1.29, 1.82) is 0 Å². The molecule has 0 aliphatic rings. The number of thioether (sulfide) groups is 1. The van der Waals surface area contributed by atoms with Crippen LogP contribution in [0.5, 0.6) is 0 Å². The molecular weight excluding hydrogens is 340 g/mol. The Morgan fingerprint density at radius 3 is 2.35 bits per heavy atom. The maximum absolute atomic E-state index is 12.3. The Morgan fingerprint density at radius 2 is 1.69 bits per heavy atom. The number of rotatable bonds is 9. The predicted octanol–water partition coefficient (Wildman–Crippen LogP) is 3.14. The third kappa shape index (κ3) is 6.19. The maximum Gasteiger partial charge on any atom is 0.230 e. The van der Waals surface area contributed by atoms with Gasteiger partial charge in [0.1, 0.15) is 6.54 Å². The predicted molar refractivity (Wildman–Crippen MR) is 111 cm³/mol. The lowest BCUT2D eigenvalue weighted by Crippen LogP contribution is -3.10. The molecule has 0 saturated heterocycles. The molecule has 26 heavy (non-hydrogen) atoms. The molecule has 2 N–H and O–H groups in total. The van der Waals surface area contributed by atoms with Gasteiger partial charge in [-0.15, -0.1) is 11.8 Å². The van der Waals surface area contributed by atoms with E-state index in [2.05, 4.69) is 69.4 Å². The van der Waals surface area contributed by atoms with E-state index in [0.717, 1.165) is 24.5 Å². The highest BCUT2D eigenvalue weighted by Crippen LogP contribution is 2.20. The molecule has 0 atom stereocenters. The summed E-state index contributed by atoms with van der Waals surface area (Å²) < 4.78 is 0. The van der Waals surface area contributed by atoms with Gasteiger partial charge < -0.3 is 10.2 Å². The van der Waals surface area contributed by atoms with Gasteiger partial charge in [-0.05, 0) is 56.5 Å². The Balaban J connectivity index is 1.88. The second kappa shape index (κ2) is 10.4. The minimum absolute atomic E-state index is 0.0817. The van der Waals surface area contributed by atoms with E-state index in [1.54, 1.807) is 16.7 Å². The molecule has 0 unspecified atom stereocenters. The molecule has 0 fully saturated rings. The van der Waals surface area contributed by atoms with Crippen LogP contribution in [0.4, 0.5) is 0 Å². The summed E-state index contributed by atoms with van der Waals surface area (Å²) >= 11 is 1.59. The van der Waals surface area contributed by atoms with Gasteiger partial charge in [-0.1, -0.05) is 30.3 Å². The van der Waals surface area contributed by atoms with Crippen molar-refractivity contribution in [1.82, 2.24) is 5.32 Å². The number of carbonyl (C=O) groups excluding carboxylic acids is 1. The lowest BCUT2D eigenvalue weighted by molar-refractivity contribution is -0.910. The molecule has 0 bridgehead atoms. The molecule has 140 valence electrons. The fraction of sp³-hybridized carbons (Fsp3) is 0.409. The number of hydrogen-bond acceptors (Lipinski definition) is 2. The standard InChI is InChI=1S/C22H30N2OS/c1-5-24(6-2)15-20-10-8-7-9-19(20)14-23-22(25)16-26-21-12-11-17(3)18(4)13-21/h7-13H,5-6,14-16H2,1-4H3,(H,23,25)/p+1. The highest BCUT2D eigenvalue weighted by Gasteiger charge is 2.10. The van der Waals surface area contributed by atoms with Gasteiger partial charge in [0.15, 0.2) is 0 Å². The molecule has 0 aromatic heterocycles. The molecule has 0 radical (unpaired) electrons. The lowest BCUT2D eigenvalue weighted by atomic mass is 10.1. The summed E-state index contributed by atoms with van der Waals surface area (Å²) in [5.74, 6) is 0.532. The third-order valence-electron chi connectivity index (χ3n) is 4.88. The molecule has 4 heteroatoms. The van der Waals surface area contributed by atoms with Crippen molar-refractivity contribution >= 4 is 17.7 Å². The Hall–Kier alpha value is -1.78. The van der Waals surface area contributed by atoms with Crippen LogP contribution in [0.25, 0.3) is 0 Å². The van der Waals surface area contributed by atoms with Crippen LogP contribution in [0.2, 0.25) is 0 Å². The van der Waals surface area contributed by atoms with Crippen molar-refractivity contribution in [3.8, 4) is 0 Å². The second-order valence-electron chi connectivity index (χ2n) is 6.71. The zero-order valence-electron chi connectivity index (χ0n) is 16.4. The monoisotopic (exact) mass is 371 g/mol. The van der Waals surface area contributed by atoms with Gasteiger partial charge in [0, 0.05) is 17.0 Å². The molecule has 0 saturated carbocycles. The van der Waals surface area contributed by atoms with Crippen molar-refractivity contribution in [2.45, 2.75) is 45.7 Å². The molecule has 3 nitrogen and oxygen atoms in total. The molecule has 2 rings (SSSR count). The SMILES string of the molecule is CC[NH+](CC)Cc1ccccc1CNC(=O)CSc1ccc(C)c(C)c1. The average Bonchev–Trinajstić information content (AvgIpc) is 2.66. The van der Waals surface area contributed by atoms with E-state index in [0.29, 0.717) is 12.3 Å². The summed E-state index contributed by atoms with van der Waals surface area (Å²) in [6.45, 7) is 12.5. The molecule has 0 aliphatic heterocycles. The van der Waals surface area contributed by atoms with Crippen LogP contribution in [-0.2, 0) is 17.9 Å². The normalized spacial score (nSPS) is 11.0. The van der Waals surface area contributed by atoms with Crippen LogP contribution in [0.3, 0.4) is 0 Å². The highest BCUT2D eigenvalue weighted by molar-refractivity contribution is 8.00. The Kier molecular flexibility index (Phi) is 8.20. The van der Waals surface area contributed by atoms with E-state index in [4.69, 9.17) is 0 Å². The van der Waals surface area contributed by atoms with E-state index in [1.165, 1.54) is 22.3 Å². The van der Waals surface area contributed by atoms with E-state index in [-0.39, 0.29) is 5.91 Å². The molecular formula is C22H31N2OS+. The number of hydrogen-bond donors (Lipinski definition) is 2. The van der Waals surface area contributed by atoms with E-state index >= 15 is 0 Å². The van der Waals surface area contributed by atoms with Crippen molar-refractivity contribution < 1.29 is 9.69 Å². The average molecular weight is 372 g/mol.